The van der Waals surface area contributed by atoms with Crippen molar-refractivity contribution in [2.24, 2.45) is 0 Å². The van der Waals surface area contributed by atoms with E-state index in [1.165, 1.54) is 5.56 Å². The number of aromatic nitrogens is 1. The predicted molar refractivity (Wildman–Crippen MR) is 145 cm³/mol. The maximum atomic E-state index is 13.7. The fourth-order valence-electron chi connectivity index (χ4n) is 4.87. The lowest BCUT2D eigenvalue weighted by Crippen LogP contribution is -2.35. The first-order valence-corrected chi connectivity index (χ1v) is 13.2. The van der Waals surface area contributed by atoms with Crippen molar-refractivity contribution >= 4 is 17.3 Å². The van der Waals surface area contributed by atoms with E-state index in [4.69, 9.17) is 9.15 Å². The molecule has 1 unspecified atom stereocenters. The van der Waals surface area contributed by atoms with Gasteiger partial charge in [0.2, 0.25) is 5.89 Å². The zero-order valence-electron chi connectivity index (χ0n) is 19.8. The van der Waals surface area contributed by atoms with E-state index < -0.39 is 0 Å². The van der Waals surface area contributed by atoms with Crippen LogP contribution in [0.15, 0.2) is 105 Å². The third kappa shape index (κ3) is 4.38. The molecule has 5 nitrogen and oxygen atoms in total. The summed E-state index contributed by atoms with van der Waals surface area (Å²) in [6.45, 7) is 3.00. The number of ether oxygens (including phenoxy) is 1. The molecule has 0 amide bonds. The number of nitrogens with zero attached hydrogens (tertiary/aromatic N) is 2. The second-order valence-electron chi connectivity index (χ2n) is 8.85. The number of thioether (sulfide) groups is 1. The maximum Gasteiger partial charge on any atom is 0.284 e. The number of allylic oxidation sites excluding steroid dienone is 1. The largest absolute Gasteiger partial charge is 0.437 e. The minimum atomic E-state index is -0.279. The molecular weight excluding hydrogens is 468 g/mol. The second-order valence-corrected chi connectivity index (χ2v) is 9.86. The molecule has 6 heteroatoms. The Balaban J connectivity index is 1.57. The fraction of sp³-hybridized carbons (Fsp3) is 0.200. The highest BCUT2D eigenvalue weighted by atomic mass is 32.2. The molecule has 1 fully saturated rings. The average Bonchev–Trinajstić information content (AvgIpc) is 3.40. The summed E-state index contributed by atoms with van der Waals surface area (Å²) >= 11 is 1.81. The summed E-state index contributed by atoms with van der Waals surface area (Å²) in [4.78, 5) is 20.6. The molecule has 0 N–H and O–H groups in total. The molecule has 0 aliphatic carbocycles. The summed E-state index contributed by atoms with van der Waals surface area (Å²) < 4.78 is 12.3. The molecule has 0 saturated carbocycles. The van der Waals surface area contributed by atoms with Gasteiger partial charge in [0.15, 0.2) is 0 Å². The number of hydrogen-bond acceptors (Lipinski definition) is 6. The van der Waals surface area contributed by atoms with E-state index in [1.54, 1.807) is 0 Å². The molecular formula is C30H26N2O3S. The van der Waals surface area contributed by atoms with Crippen LogP contribution in [0, 0.1) is 0 Å². The van der Waals surface area contributed by atoms with Gasteiger partial charge in [-0.25, -0.2) is 0 Å². The Bertz CT molecular complexity index is 1430. The molecule has 0 bridgehead atoms. The summed E-state index contributed by atoms with van der Waals surface area (Å²) in [5, 5.41) is 1.13. The van der Waals surface area contributed by atoms with Gasteiger partial charge in [-0.15, -0.1) is 11.8 Å². The van der Waals surface area contributed by atoms with E-state index in [-0.39, 0.29) is 11.5 Å². The van der Waals surface area contributed by atoms with Crippen molar-refractivity contribution in [1.29, 1.82) is 0 Å². The van der Waals surface area contributed by atoms with Crippen molar-refractivity contribution in [2.75, 3.05) is 32.1 Å². The highest BCUT2D eigenvalue weighted by molar-refractivity contribution is 8.03. The van der Waals surface area contributed by atoms with Crippen LogP contribution in [0.25, 0.3) is 28.0 Å². The summed E-state index contributed by atoms with van der Waals surface area (Å²) in [6.07, 6.45) is 0. The first-order valence-electron chi connectivity index (χ1n) is 12.2. The van der Waals surface area contributed by atoms with Crippen LogP contribution in [0.3, 0.4) is 0 Å². The first kappa shape index (κ1) is 22.8. The summed E-state index contributed by atoms with van der Waals surface area (Å²) in [6, 6.07) is 29.9. The maximum absolute atomic E-state index is 13.7. The average molecular weight is 495 g/mol. The Hall–Kier alpha value is -3.61. The van der Waals surface area contributed by atoms with Crippen molar-refractivity contribution < 1.29 is 9.15 Å². The third-order valence-electron chi connectivity index (χ3n) is 6.64. The Morgan fingerprint density at radius 3 is 2.08 bits per heavy atom. The topological polar surface area (TPSA) is 55.6 Å². The molecule has 6 rings (SSSR count). The Morgan fingerprint density at radius 2 is 1.42 bits per heavy atom. The van der Waals surface area contributed by atoms with Crippen molar-refractivity contribution in [3.8, 4) is 22.5 Å². The van der Waals surface area contributed by atoms with Crippen LogP contribution in [0.2, 0.25) is 0 Å². The van der Waals surface area contributed by atoms with Crippen molar-refractivity contribution in [2.45, 2.75) is 5.92 Å². The molecule has 1 aromatic heterocycles. The first-order chi connectivity index (χ1) is 17.8. The molecule has 0 spiro atoms. The van der Waals surface area contributed by atoms with Gasteiger partial charge < -0.3 is 14.1 Å². The van der Waals surface area contributed by atoms with E-state index >= 15 is 0 Å². The zero-order chi connectivity index (χ0) is 24.3. The van der Waals surface area contributed by atoms with Gasteiger partial charge in [-0.2, -0.15) is 4.98 Å². The number of rotatable bonds is 5. The van der Waals surface area contributed by atoms with Crippen LogP contribution in [-0.4, -0.2) is 41.9 Å². The Morgan fingerprint density at radius 1 is 0.806 bits per heavy atom. The highest BCUT2D eigenvalue weighted by Crippen LogP contribution is 2.48. The van der Waals surface area contributed by atoms with Gasteiger partial charge in [0.05, 0.1) is 29.4 Å². The predicted octanol–water partition coefficient (Wildman–Crippen LogP) is 5.90. The normalized spacial score (nSPS) is 18.0. The monoisotopic (exact) mass is 494 g/mol. The SMILES string of the molecule is O=c1nc(C2=C(N3CCOCC3)SCC2c2ccccc2)oc(-c2ccccc2)c1-c1ccccc1. The van der Waals surface area contributed by atoms with Gasteiger partial charge in [0.25, 0.3) is 5.56 Å². The molecule has 3 aromatic carbocycles. The number of benzene rings is 3. The third-order valence-corrected chi connectivity index (χ3v) is 7.89. The smallest absolute Gasteiger partial charge is 0.284 e. The quantitative estimate of drug-likeness (QED) is 0.344. The summed E-state index contributed by atoms with van der Waals surface area (Å²) in [7, 11) is 0. The van der Waals surface area contributed by atoms with Gasteiger partial charge in [0, 0.05) is 30.3 Å². The van der Waals surface area contributed by atoms with Crippen LogP contribution < -0.4 is 5.56 Å². The molecule has 2 aliphatic rings. The number of morpholine rings is 1. The van der Waals surface area contributed by atoms with Crippen LogP contribution in [-0.2, 0) is 4.74 Å². The second kappa shape index (κ2) is 10.2. The molecule has 2 aliphatic heterocycles. The van der Waals surface area contributed by atoms with Gasteiger partial charge in [-0.3, -0.25) is 4.79 Å². The van der Waals surface area contributed by atoms with Crippen molar-refractivity contribution in [1.82, 2.24) is 9.88 Å². The van der Waals surface area contributed by atoms with Gasteiger partial charge in [-0.05, 0) is 11.1 Å². The summed E-state index contributed by atoms with van der Waals surface area (Å²) in [5.41, 5.74) is 4.04. The van der Waals surface area contributed by atoms with Gasteiger partial charge in [-0.1, -0.05) is 91.0 Å². The van der Waals surface area contributed by atoms with Crippen LogP contribution >= 0.6 is 11.8 Å². The Kier molecular flexibility index (Phi) is 6.45. The lowest BCUT2D eigenvalue weighted by atomic mass is 9.92. The Labute approximate surface area is 214 Å². The van der Waals surface area contributed by atoms with E-state index in [0.717, 1.165) is 40.6 Å². The van der Waals surface area contributed by atoms with Gasteiger partial charge >= 0.3 is 0 Å². The minimum absolute atomic E-state index is 0.0795. The highest BCUT2D eigenvalue weighted by Gasteiger charge is 2.35. The molecule has 36 heavy (non-hydrogen) atoms. The molecule has 4 aromatic rings. The molecule has 3 heterocycles. The fourth-order valence-corrected chi connectivity index (χ4v) is 6.31. The molecule has 1 saturated heterocycles. The standard InChI is InChI=1S/C30H26N2O3S/c33-28-25(22-12-6-2-7-13-22)27(23-14-8-3-9-15-23)35-29(31-28)26-24(21-10-4-1-5-11-21)20-36-30(26)32-16-18-34-19-17-32/h1-15,24H,16-20H2. The lowest BCUT2D eigenvalue weighted by molar-refractivity contribution is 0.0579. The van der Waals surface area contributed by atoms with Gasteiger partial charge in [0.1, 0.15) is 5.76 Å². The van der Waals surface area contributed by atoms with E-state index in [0.29, 0.717) is 30.4 Å². The molecule has 0 radical (unpaired) electrons. The van der Waals surface area contributed by atoms with Crippen LogP contribution in [0.4, 0.5) is 0 Å². The van der Waals surface area contributed by atoms with Crippen LogP contribution in [0.1, 0.15) is 17.4 Å². The van der Waals surface area contributed by atoms with Crippen molar-refractivity contribution in [3.63, 3.8) is 0 Å². The minimum Gasteiger partial charge on any atom is -0.437 e. The number of hydrogen-bond donors (Lipinski definition) is 0. The van der Waals surface area contributed by atoms with E-state index in [2.05, 4.69) is 34.1 Å². The molecule has 1 atom stereocenters. The van der Waals surface area contributed by atoms with E-state index in [1.807, 2.05) is 78.5 Å². The van der Waals surface area contributed by atoms with Crippen LogP contribution in [0.5, 0.6) is 0 Å². The van der Waals surface area contributed by atoms with Crippen molar-refractivity contribution in [3.05, 3.63) is 118 Å². The lowest BCUT2D eigenvalue weighted by Gasteiger charge is -2.30. The van der Waals surface area contributed by atoms with E-state index in [9.17, 15) is 4.79 Å². The summed E-state index contributed by atoms with van der Waals surface area (Å²) in [5.74, 6) is 1.91. The molecule has 180 valence electrons. The zero-order valence-corrected chi connectivity index (χ0v) is 20.6.